The standard InChI is InChI=1S/C17H16O3/c1-10(2)11-4-6-13-14-7-5-12(19-3)9-16(14)20-17(18)15(13)8-11/h4-10H,1-3H3. The van der Waals surface area contributed by atoms with Crippen molar-refractivity contribution in [1.82, 2.24) is 0 Å². The molecule has 0 atom stereocenters. The Hall–Kier alpha value is -2.29. The van der Waals surface area contributed by atoms with E-state index in [1.807, 2.05) is 24.3 Å². The highest BCUT2D eigenvalue weighted by Crippen LogP contribution is 2.28. The first-order chi connectivity index (χ1) is 9.60. The molecule has 0 aliphatic carbocycles. The fourth-order valence-electron chi connectivity index (χ4n) is 2.42. The van der Waals surface area contributed by atoms with Gasteiger partial charge in [-0.1, -0.05) is 26.0 Å². The zero-order valence-electron chi connectivity index (χ0n) is 11.8. The normalized spacial score (nSPS) is 11.4. The van der Waals surface area contributed by atoms with Gasteiger partial charge in [0.25, 0.3) is 0 Å². The van der Waals surface area contributed by atoms with Crippen LogP contribution in [0.1, 0.15) is 25.3 Å². The quantitative estimate of drug-likeness (QED) is 0.519. The molecule has 0 amide bonds. The fourth-order valence-corrected chi connectivity index (χ4v) is 2.42. The molecule has 0 unspecified atom stereocenters. The molecule has 0 saturated carbocycles. The molecule has 3 aromatic rings. The highest BCUT2D eigenvalue weighted by Gasteiger charge is 2.10. The van der Waals surface area contributed by atoms with Gasteiger partial charge >= 0.3 is 5.63 Å². The third-order valence-electron chi connectivity index (χ3n) is 3.61. The minimum Gasteiger partial charge on any atom is -0.497 e. The maximum absolute atomic E-state index is 12.2. The van der Waals surface area contributed by atoms with Gasteiger partial charge in [0.05, 0.1) is 12.5 Å². The Morgan fingerprint density at radius 3 is 2.45 bits per heavy atom. The van der Waals surface area contributed by atoms with E-state index < -0.39 is 0 Å². The summed E-state index contributed by atoms with van der Waals surface area (Å²) in [5.41, 5.74) is 1.39. The van der Waals surface area contributed by atoms with Crippen molar-refractivity contribution in [2.75, 3.05) is 7.11 Å². The minimum atomic E-state index is -0.303. The van der Waals surface area contributed by atoms with E-state index in [2.05, 4.69) is 19.9 Å². The highest BCUT2D eigenvalue weighted by atomic mass is 16.5. The molecule has 3 rings (SSSR count). The van der Waals surface area contributed by atoms with Crippen LogP contribution >= 0.6 is 0 Å². The van der Waals surface area contributed by atoms with Gasteiger partial charge in [-0.3, -0.25) is 0 Å². The molecule has 0 aliphatic heterocycles. The molecule has 0 spiro atoms. The van der Waals surface area contributed by atoms with E-state index in [-0.39, 0.29) is 5.63 Å². The topological polar surface area (TPSA) is 39.4 Å². The largest absolute Gasteiger partial charge is 0.497 e. The third kappa shape index (κ3) is 1.95. The molecule has 0 aliphatic rings. The van der Waals surface area contributed by atoms with E-state index in [0.29, 0.717) is 22.6 Å². The molecule has 0 saturated heterocycles. The van der Waals surface area contributed by atoms with Crippen LogP contribution in [-0.2, 0) is 0 Å². The lowest BCUT2D eigenvalue weighted by Crippen LogP contribution is -2.01. The van der Waals surface area contributed by atoms with E-state index >= 15 is 0 Å². The predicted molar refractivity (Wildman–Crippen MR) is 80.6 cm³/mol. The van der Waals surface area contributed by atoms with Crippen molar-refractivity contribution < 1.29 is 9.15 Å². The summed E-state index contributed by atoms with van der Waals surface area (Å²) < 4.78 is 10.6. The Labute approximate surface area is 116 Å². The Morgan fingerprint density at radius 2 is 1.75 bits per heavy atom. The van der Waals surface area contributed by atoms with Gasteiger partial charge in [-0.15, -0.1) is 0 Å². The summed E-state index contributed by atoms with van der Waals surface area (Å²) in [5, 5.41) is 2.48. The van der Waals surface area contributed by atoms with Crippen LogP contribution in [0.25, 0.3) is 21.7 Å². The molecule has 1 heterocycles. The number of benzene rings is 2. The summed E-state index contributed by atoms with van der Waals surface area (Å²) in [5.74, 6) is 1.06. The minimum absolute atomic E-state index is 0.303. The van der Waals surface area contributed by atoms with Gasteiger partial charge in [0.2, 0.25) is 0 Å². The van der Waals surface area contributed by atoms with Gasteiger partial charge in [-0.05, 0) is 35.1 Å². The van der Waals surface area contributed by atoms with Crippen LogP contribution in [0.5, 0.6) is 5.75 Å². The summed E-state index contributed by atoms with van der Waals surface area (Å²) in [6, 6.07) is 11.5. The Bertz CT molecular complexity index is 844. The number of rotatable bonds is 2. The zero-order chi connectivity index (χ0) is 14.3. The van der Waals surface area contributed by atoms with E-state index in [1.165, 1.54) is 0 Å². The Morgan fingerprint density at radius 1 is 1.00 bits per heavy atom. The average molecular weight is 268 g/mol. The number of hydrogen-bond donors (Lipinski definition) is 0. The van der Waals surface area contributed by atoms with E-state index in [1.54, 1.807) is 13.2 Å². The van der Waals surface area contributed by atoms with Crippen molar-refractivity contribution >= 4 is 21.7 Å². The Balaban J connectivity index is 2.39. The molecule has 0 radical (unpaired) electrons. The molecule has 3 nitrogen and oxygen atoms in total. The molecule has 0 N–H and O–H groups in total. The summed E-state index contributed by atoms with van der Waals surface area (Å²) >= 11 is 0. The number of hydrogen-bond acceptors (Lipinski definition) is 3. The first-order valence-corrected chi connectivity index (χ1v) is 6.64. The first kappa shape index (κ1) is 12.7. The van der Waals surface area contributed by atoms with Crippen LogP contribution in [-0.4, -0.2) is 7.11 Å². The van der Waals surface area contributed by atoms with Crippen molar-refractivity contribution in [2.24, 2.45) is 0 Å². The molecular formula is C17H16O3. The van der Waals surface area contributed by atoms with Crippen LogP contribution in [0.4, 0.5) is 0 Å². The van der Waals surface area contributed by atoms with Gasteiger partial charge in [0.15, 0.2) is 0 Å². The summed E-state index contributed by atoms with van der Waals surface area (Å²) in [6.07, 6.45) is 0. The molecule has 1 aromatic heterocycles. The lowest BCUT2D eigenvalue weighted by Gasteiger charge is -2.08. The van der Waals surface area contributed by atoms with Crippen LogP contribution < -0.4 is 10.4 Å². The van der Waals surface area contributed by atoms with Crippen molar-refractivity contribution in [3.8, 4) is 5.75 Å². The van der Waals surface area contributed by atoms with Crippen LogP contribution in [0.2, 0.25) is 0 Å². The van der Waals surface area contributed by atoms with Crippen LogP contribution in [0.15, 0.2) is 45.6 Å². The molecule has 2 aromatic carbocycles. The van der Waals surface area contributed by atoms with E-state index in [4.69, 9.17) is 9.15 Å². The second-order valence-corrected chi connectivity index (χ2v) is 5.21. The van der Waals surface area contributed by atoms with Gasteiger partial charge in [0.1, 0.15) is 11.3 Å². The fraction of sp³-hybridized carbons (Fsp3) is 0.235. The summed E-state index contributed by atoms with van der Waals surface area (Å²) in [7, 11) is 1.59. The number of ether oxygens (including phenoxy) is 1. The smallest absolute Gasteiger partial charge is 0.344 e. The van der Waals surface area contributed by atoms with E-state index in [9.17, 15) is 4.79 Å². The van der Waals surface area contributed by atoms with Crippen molar-refractivity contribution in [3.05, 3.63) is 52.4 Å². The highest BCUT2D eigenvalue weighted by molar-refractivity contribution is 6.04. The van der Waals surface area contributed by atoms with Crippen LogP contribution in [0, 0.1) is 0 Å². The monoisotopic (exact) mass is 268 g/mol. The summed E-state index contributed by atoms with van der Waals surface area (Å²) in [4.78, 5) is 12.2. The molecule has 20 heavy (non-hydrogen) atoms. The second-order valence-electron chi connectivity index (χ2n) is 5.21. The lowest BCUT2D eigenvalue weighted by molar-refractivity contribution is 0.414. The molecular weight excluding hydrogens is 252 g/mol. The predicted octanol–water partition coefficient (Wildman–Crippen LogP) is 4.08. The molecule has 102 valence electrons. The lowest BCUT2D eigenvalue weighted by atomic mass is 9.99. The van der Waals surface area contributed by atoms with Crippen molar-refractivity contribution in [3.63, 3.8) is 0 Å². The van der Waals surface area contributed by atoms with Crippen LogP contribution in [0.3, 0.4) is 0 Å². The van der Waals surface area contributed by atoms with Gasteiger partial charge in [-0.2, -0.15) is 0 Å². The molecule has 0 fully saturated rings. The molecule has 3 heteroatoms. The number of fused-ring (bicyclic) bond motifs is 3. The van der Waals surface area contributed by atoms with Crippen molar-refractivity contribution in [1.29, 1.82) is 0 Å². The summed E-state index contributed by atoms with van der Waals surface area (Å²) in [6.45, 7) is 4.21. The second kappa shape index (κ2) is 4.67. The average Bonchev–Trinajstić information content (AvgIpc) is 2.46. The van der Waals surface area contributed by atoms with Gasteiger partial charge < -0.3 is 9.15 Å². The number of methoxy groups -OCH3 is 1. The Kier molecular flexibility index (Phi) is 2.97. The van der Waals surface area contributed by atoms with Crippen molar-refractivity contribution in [2.45, 2.75) is 19.8 Å². The third-order valence-corrected chi connectivity index (χ3v) is 3.61. The zero-order valence-corrected chi connectivity index (χ0v) is 11.8. The molecule has 0 bridgehead atoms. The van der Waals surface area contributed by atoms with Gasteiger partial charge in [0, 0.05) is 11.5 Å². The first-order valence-electron chi connectivity index (χ1n) is 6.64. The SMILES string of the molecule is COc1ccc2c(c1)oc(=O)c1cc(C(C)C)ccc12. The maximum Gasteiger partial charge on any atom is 0.344 e. The van der Waals surface area contributed by atoms with Gasteiger partial charge in [-0.25, -0.2) is 4.79 Å². The van der Waals surface area contributed by atoms with E-state index in [0.717, 1.165) is 16.3 Å². The maximum atomic E-state index is 12.2.